The van der Waals surface area contributed by atoms with Gasteiger partial charge >= 0.3 is 0 Å². The third-order valence-electron chi connectivity index (χ3n) is 5.94. The third-order valence-corrected chi connectivity index (χ3v) is 6.28. The van der Waals surface area contributed by atoms with Gasteiger partial charge in [0.15, 0.2) is 5.82 Å². The molecule has 0 unspecified atom stereocenters. The van der Waals surface area contributed by atoms with Gasteiger partial charge in [0, 0.05) is 5.92 Å². The standard InChI is InChI=1S/C17H23N3O.C6H10S/c1-14-18-17(21-19-14)16-9-12-20(13-10-16)11-5-8-15-6-3-2-4-7-15;1-5(7)6-3-2-4-6/h2-4,6-7,16H,5,8-13H2,1H3;6H,2-4H2,1H3. The highest BCUT2D eigenvalue weighted by atomic mass is 32.1. The maximum Gasteiger partial charge on any atom is 0.229 e. The fraction of sp³-hybridized carbons (Fsp3) is 0.609. The van der Waals surface area contributed by atoms with Gasteiger partial charge in [0.25, 0.3) is 0 Å². The van der Waals surface area contributed by atoms with E-state index in [9.17, 15) is 0 Å². The van der Waals surface area contributed by atoms with Gasteiger partial charge in [0.05, 0.1) is 0 Å². The van der Waals surface area contributed by atoms with Crippen LogP contribution in [0.5, 0.6) is 0 Å². The Morgan fingerprint density at radius 1 is 1.14 bits per heavy atom. The highest BCUT2D eigenvalue weighted by Gasteiger charge is 2.24. The fourth-order valence-corrected chi connectivity index (χ4v) is 4.08. The molecule has 4 nitrogen and oxygen atoms in total. The van der Waals surface area contributed by atoms with Gasteiger partial charge in [-0.15, -0.1) is 0 Å². The van der Waals surface area contributed by atoms with Crippen molar-refractivity contribution in [3.05, 3.63) is 47.6 Å². The molecule has 1 aromatic carbocycles. The van der Waals surface area contributed by atoms with Crippen molar-refractivity contribution in [3.63, 3.8) is 0 Å². The molecule has 1 saturated heterocycles. The lowest BCUT2D eigenvalue weighted by Gasteiger charge is -2.30. The lowest BCUT2D eigenvalue weighted by molar-refractivity contribution is 0.192. The van der Waals surface area contributed by atoms with Gasteiger partial charge in [-0.1, -0.05) is 54.1 Å². The predicted molar refractivity (Wildman–Crippen MR) is 118 cm³/mol. The zero-order valence-electron chi connectivity index (χ0n) is 17.3. The highest BCUT2D eigenvalue weighted by Crippen LogP contribution is 2.27. The molecule has 0 atom stereocenters. The van der Waals surface area contributed by atoms with Gasteiger partial charge in [-0.3, -0.25) is 0 Å². The molecule has 1 aliphatic carbocycles. The van der Waals surface area contributed by atoms with E-state index in [-0.39, 0.29) is 0 Å². The van der Waals surface area contributed by atoms with Crippen molar-refractivity contribution < 1.29 is 4.52 Å². The summed E-state index contributed by atoms with van der Waals surface area (Å²) in [7, 11) is 0. The summed E-state index contributed by atoms with van der Waals surface area (Å²) in [6.45, 7) is 7.40. The molecule has 1 saturated carbocycles. The van der Waals surface area contributed by atoms with Gasteiger partial charge in [0.1, 0.15) is 0 Å². The third kappa shape index (κ3) is 6.49. The molecule has 0 bridgehead atoms. The average Bonchev–Trinajstić information content (AvgIpc) is 3.08. The van der Waals surface area contributed by atoms with Crippen molar-refractivity contribution in [1.82, 2.24) is 15.0 Å². The summed E-state index contributed by atoms with van der Waals surface area (Å²) in [5.41, 5.74) is 1.44. The van der Waals surface area contributed by atoms with E-state index in [1.165, 1.54) is 49.1 Å². The Bertz CT molecular complexity index is 718. The summed E-state index contributed by atoms with van der Waals surface area (Å²) in [5.74, 6) is 2.85. The monoisotopic (exact) mass is 399 g/mol. The molecule has 2 heterocycles. The zero-order valence-corrected chi connectivity index (χ0v) is 18.1. The molecule has 2 aromatic rings. The van der Waals surface area contributed by atoms with Crippen molar-refractivity contribution in [1.29, 1.82) is 0 Å². The minimum Gasteiger partial charge on any atom is -0.339 e. The fourth-order valence-electron chi connectivity index (χ4n) is 3.85. The number of aryl methyl sites for hydroxylation is 2. The molecule has 28 heavy (non-hydrogen) atoms. The van der Waals surface area contributed by atoms with E-state index >= 15 is 0 Å². The summed E-state index contributed by atoms with van der Waals surface area (Å²) in [5, 5.41) is 3.89. The lowest BCUT2D eigenvalue weighted by atomic mass is 9.83. The second kappa shape index (κ2) is 10.8. The van der Waals surface area contributed by atoms with Crippen molar-refractivity contribution in [2.45, 2.75) is 64.7 Å². The van der Waals surface area contributed by atoms with Crippen LogP contribution >= 0.6 is 12.2 Å². The van der Waals surface area contributed by atoms with Crippen LogP contribution in [0.4, 0.5) is 0 Å². The van der Waals surface area contributed by atoms with E-state index in [2.05, 4.69) is 52.3 Å². The zero-order chi connectivity index (χ0) is 19.8. The number of thiocarbonyl (C=S) groups is 1. The summed E-state index contributed by atoms with van der Waals surface area (Å²) in [4.78, 5) is 8.14. The Labute approximate surface area is 174 Å². The second-order valence-corrected chi connectivity index (χ2v) is 8.77. The van der Waals surface area contributed by atoms with Crippen LogP contribution in [0.3, 0.4) is 0 Å². The molecular weight excluding hydrogens is 366 g/mol. The Morgan fingerprint density at radius 3 is 2.36 bits per heavy atom. The Hall–Kier alpha value is -1.59. The van der Waals surface area contributed by atoms with Gasteiger partial charge in [-0.05, 0) is 88.4 Å². The SMILES string of the molecule is CC(=S)C1CCC1.Cc1noc(C2CCN(CCCc3ccccc3)CC2)n1. The molecule has 0 radical (unpaired) electrons. The largest absolute Gasteiger partial charge is 0.339 e. The molecule has 4 rings (SSSR count). The molecule has 1 aliphatic heterocycles. The first-order chi connectivity index (χ1) is 13.6. The Morgan fingerprint density at radius 2 is 1.86 bits per heavy atom. The van der Waals surface area contributed by atoms with Crippen molar-refractivity contribution in [2.24, 2.45) is 5.92 Å². The molecule has 2 fully saturated rings. The number of aromatic nitrogens is 2. The number of piperidine rings is 1. The minimum atomic E-state index is 0.455. The van der Waals surface area contributed by atoms with E-state index in [1.807, 2.05) is 6.92 Å². The first-order valence-electron chi connectivity index (χ1n) is 10.7. The van der Waals surface area contributed by atoms with Crippen LogP contribution in [-0.4, -0.2) is 39.5 Å². The van der Waals surface area contributed by atoms with Crippen LogP contribution < -0.4 is 0 Å². The number of nitrogens with zero attached hydrogens (tertiary/aromatic N) is 3. The van der Waals surface area contributed by atoms with E-state index in [4.69, 9.17) is 16.7 Å². The van der Waals surface area contributed by atoms with E-state index in [0.717, 1.165) is 43.6 Å². The quantitative estimate of drug-likeness (QED) is 0.611. The highest BCUT2D eigenvalue weighted by molar-refractivity contribution is 7.80. The predicted octanol–water partition coefficient (Wildman–Crippen LogP) is 5.37. The van der Waals surface area contributed by atoms with Crippen LogP contribution in [0.15, 0.2) is 34.9 Å². The summed E-state index contributed by atoms with van der Waals surface area (Å²) < 4.78 is 5.30. The molecule has 0 N–H and O–H groups in total. The number of likely N-dealkylation sites (tertiary alicyclic amines) is 1. The van der Waals surface area contributed by atoms with Gasteiger partial charge < -0.3 is 9.42 Å². The number of hydrogen-bond acceptors (Lipinski definition) is 5. The van der Waals surface area contributed by atoms with Crippen molar-refractivity contribution in [2.75, 3.05) is 19.6 Å². The number of rotatable bonds is 6. The van der Waals surface area contributed by atoms with E-state index in [1.54, 1.807) is 0 Å². The Kier molecular flexibility index (Phi) is 8.16. The molecule has 0 amide bonds. The van der Waals surface area contributed by atoms with Crippen LogP contribution in [0, 0.1) is 12.8 Å². The number of hydrogen-bond donors (Lipinski definition) is 0. The molecule has 5 heteroatoms. The minimum absolute atomic E-state index is 0.455. The first-order valence-corrected chi connectivity index (χ1v) is 11.1. The smallest absolute Gasteiger partial charge is 0.229 e. The van der Waals surface area contributed by atoms with Crippen LogP contribution in [0.1, 0.15) is 68.6 Å². The van der Waals surface area contributed by atoms with E-state index in [0.29, 0.717) is 5.92 Å². The average molecular weight is 400 g/mol. The van der Waals surface area contributed by atoms with Gasteiger partial charge in [-0.2, -0.15) is 4.98 Å². The van der Waals surface area contributed by atoms with Crippen LogP contribution in [0.2, 0.25) is 0 Å². The summed E-state index contributed by atoms with van der Waals surface area (Å²) in [6.07, 6.45) is 8.78. The van der Waals surface area contributed by atoms with E-state index < -0.39 is 0 Å². The molecular formula is C23H33N3OS. The molecule has 2 aliphatic rings. The summed E-state index contributed by atoms with van der Waals surface area (Å²) in [6, 6.07) is 10.7. The van der Waals surface area contributed by atoms with Gasteiger partial charge in [0.2, 0.25) is 5.89 Å². The number of benzene rings is 1. The Balaban J connectivity index is 0.000000271. The van der Waals surface area contributed by atoms with Crippen molar-refractivity contribution >= 4 is 17.1 Å². The van der Waals surface area contributed by atoms with Crippen LogP contribution in [-0.2, 0) is 6.42 Å². The second-order valence-electron chi connectivity index (χ2n) is 8.12. The maximum atomic E-state index is 5.30. The van der Waals surface area contributed by atoms with Crippen LogP contribution in [0.25, 0.3) is 0 Å². The lowest BCUT2D eigenvalue weighted by Crippen LogP contribution is -2.34. The van der Waals surface area contributed by atoms with Crippen molar-refractivity contribution in [3.8, 4) is 0 Å². The maximum absolute atomic E-state index is 5.30. The molecule has 0 spiro atoms. The summed E-state index contributed by atoms with van der Waals surface area (Å²) >= 11 is 4.97. The molecule has 1 aromatic heterocycles. The van der Waals surface area contributed by atoms with Gasteiger partial charge in [-0.25, -0.2) is 0 Å². The topological polar surface area (TPSA) is 42.2 Å². The first kappa shape index (κ1) is 21.1. The normalized spacial score (nSPS) is 18.2. The molecule has 152 valence electrons.